The molecule has 0 radical (unpaired) electrons. The zero-order chi connectivity index (χ0) is 13.1. The number of halogens is 2. The number of nitriles is 1. The highest BCUT2D eigenvalue weighted by Gasteiger charge is 2.10. The SMILES string of the molecule is Cc1cccc(C#N)c1Oc1ccc(Br)cc1Cl. The second-order valence-electron chi connectivity index (χ2n) is 3.74. The molecule has 0 unspecified atom stereocenters. The van der Waals surface area contributed by atoms with Gasteiger partial charge in [0.1, 0.15) is 17.6 Å². The van der Waals surface area contributed by atoms with Crippen molar-refractivity contribution in [3.05, 3.63) is 57.0 Å². The molecule has 0 atom stereocenters. The van der Waals surface area contributed by atoms with Crippen LogP contribution in [0.1, 0.15) is 11.1 Å². The summed E-state index contributed by atoms with van der Waals surface area (Å²) in [5.74, 6) is 1.08. The molecule has 2 aromatic carbocycles. The summed E-state index contributed by atoms with van der Waals surface area (Å²) in [4.78, 5) is 0. The normalized spacial score (nSPS) is 9.89. The quantitative estimate of drug-likeness (QED) is 0.773. The zero-order valence-corrected chi connectivity index (χ0v) is 11.9. The first-order chi connectivity index (χ1) is 8.61. The summed E-state index contributed by atoms with van der Waals surface area (Å²) in [6.45, 7) is 1.89. The summed E-state index contributed by atoms with van der Waals surface area (Å²) in [5.41, 5.74) is 1.39. The highest BCUT2D eigenvalue weighted by Crippen LogP contribution is 2.34. The van der Waals surface area contributed by atoms with Crippen molar-refractivity contribution in [2.45, 2.75) is 6.92 Å². The Morgan fingerprint density at radius 3 is 2.72 bits per heavy atom. The van der Waals surface area contributed by atoms with E-state index in [1.165, 1.54) is 0 Å². The standard InChI is InChI=1S/C14H9BrClNO/c1-9-3-2-4-10(8-17)14(9)18-13-6-5-11(15)7-12(13)16/h2-7H,1H3. The molecule has 4 heteroatoms. The minimum atomic E-state index is 0.494. The molecule has 0 spiro atoms. The van der Waals surface area contributed by atoms with Crippen LogP contribution in [0.3, 0.4) is 0 Å². The first-order valence-corrected chi connectivity index (χ1v) is 6.41. The third kappa shape index (κ3) is 2.66. The molecule has 18 heavy (non-hydrogen) atoms. The maximum Gasteiger partial charge on any atom is 0.148 e. The van der Waals surface area contributed by atoms with E-state index in [-0.39, 0.29) is 0 Å². The molecule has 2 nitrogen and oxygen atoms in total. The van der Waals surface area contributed by atoms with Crippen LogP contribution >= 0.6 is 27.5 Å². The van der Waals surface area contributed by atoms with Gasteiger partial charge in [-0.05, 0) is 36.8 Å². The lowest BCUT2D eigenvalue weighted by molar-refractivity contribution is 0.477. The van der Waals surface area contributed by atoms with Crippen molar-refractivity contribution in [2.75, 3.05) is 0 Å². The van der Waals surface area contributed by atoms with Crippen LogP contribution < -0.4 is 4.74 Å². The molecule has 0 amide bonds. The molecule has 0 aliphatic heterocycles. The molecule has 0 aromatic heterocycles. The smallest absolute Gasteiger partial charge is 0.148 e. The van der Waals surface area contributed by atoms with Crippen molar-refractivity contribution < 1.29 is 4.74 Å². The predicted octanol–water partition coefficient (Wildman–Crippen LogP) is 5.07. The van der Waals surface area contributed by atoms with E-state index in [2.05, 4.69) is 22.0 Å². The first kappa shape index (κ1) is 12.9. The van der Waals surface area contributed by atoms with Crippen molar-refractivity contribution in [1.82, 2.24) is 0 Å². The van der Waals surface area contributed by atoms with E-state index in [0.29, 0.717) is 22.1 Å². The number of hydrogen-bond donors (Lipinski definition) is 0. The summed E-state index contributed by atoms with van der Waals surface area (Å²) >= 11 is 9.42. The highest BCUT2D eigenvalue weighted by molar-refractivity contribution is 9.10. The summed E-state index contributed by atoms with van der Waals surface area (Å²) in [5, 5.41) is 9.56. The van der Waals surface area contributed by atoms with Crippen molar-refractivity contribution in [3.63, 3.8) is 0 Å². The summed E-state index contributed by atoms with van der Waals surface area (Å²) in [7, 11) is 0. The van der Waals surface area contributed by atoms with Gasteiger partial charge >= 0.3 is 0 Å². The molecule has 0 aliphatic carbocycles. The Balaban J connectivity index is 2.43. The van der Waals surface area contributed by atoms with Crippen molar-refractivity contribution in [3.8, 4) is 17.6 Å². The van der Waals surface area contributed by atoms with Crippen LogP contribution in [0.25, 0.3) is 0 Å². The Hall–Kier alpha value is -1.50. The lowest BCUT2D eigenvalue weighted by Gasteiger charge is -2.11. The Bertz CT molecular complexity index is 634. The van der Waals surface area contributed by atoms with Gasteiger partial charge in [0.05, 0.1) is 10.6 Å². The number of hydrogen-bond acceptors (Lipinski definition) is 2. The second kappa shape index (κ2) is 5.43. The molecule has 0 saturated heterocycles. The van der Waals surface area contributed by atoms with Gasteiger partial charge in [0.2, 0.25) is 0 Å². The number of para-hydroxylation sites is 1. The molecule has 2 aromatic rings. The summed E-state index contributed by atoms with van der Waals surface area (Å²) < 4.78 is 6.62. The zero-order valence-electron chi connectivity index (χ0n) is 9.58. The molecule has 0 N–H and O–H groups in total. The number of ether oxygens (including phenoxy) is 1. The maximum atomic E-state index is 9.06. The molecule has 2 rings (SSSR count). The average Bonchev–Trinajstić information content (AvgIpc) is 2.34. The first-order valence-electron chi connectivity index (χ1n) is 5.24. The predicted molar refractivity (Wildman–Crippen MR) is 75.1 cm³/mol. The molecule has 0 bridgehead atoms. The van der Waals surface area contributed by atoms with Crippen LogP contribution in [0.15, 0.2) is 40.9 Å². The van der Waals surface area contributed by atoms with E-state index < -0.39 is 0 Å². The fraction of sp³-hybridized carbons (Fsp3) is 0.0714. The summed E-state index contributed by atoms with van der Waals surface area (Å²) in [6.07, 6.45) is 0. The van der Waals surface area contributed by atoms with Crippen LogP contribution in [0, 0.1) is 18.3 Å². The lowest BCUT2D eigenvalue weighted by Crippen LogP contribution is -1.92. The Morgan fingerprint density at radius 2 is 2.06 bits per heavy atom. The van der Waals surface area contributed by atoms with E-state index in [4.69, 9.17) is 21.6 Å². The molecule has 0 aliphatic rings. The number of aryl methyl sites for hydroxylation is 1. The minimum absolute atomic E-state index is 0.494. The van der Waals surface area contributed by atoms with Crippen LogP contribution in [0.2, 0.25) is 5.02 Å². The van der Waals surface area contributed by atoms with Gasteiger partial charge in [0.25, 0.3) is 0 Å². The van der Waals surface area contributed by atoms with Crippen molar-refractivity contribution >= 4 is 27.5 Å². The third-order valence-electron chi connectivity index (χ3n) is 2.44. The second-order valence-corrected chi connectivity index (χ2v) is 5.06. The molecule has 0 fully saturated rings. The Morgan fingerprint density at radius 1 is 1.28 bits per heavy atom. The molecule has 90 valence electrons. The fourth-order valence-corrected chi connectivity index (χ4v) is 2.26. The Labute approximate surface area is 119 Å². The van der Waals surface area contributed by atoms with Gasteiger partial charge in [-0.2, -0.15) is 5.26 Å². The van der Waals surface area contributed by atoms with E-state index in [0.717, 1.165) is 10.0 Å². The lowest BCUT2D eigenvalue weighted by atomic mass is 10.1. The van der Waals surface area contributed by atoms with Gasteiger partial charge in [-0.3, -0.25) is 0 Å². The molecular formula is C14H9BrClNO. The van der Waals surface area contributed by atoms with Crippen molar-refractivity contribution in [2.24, 2.45) is 0 Å². The third-order valence-corrected chi connectivity index (χ3v) is 3.23. The van der Waals surface area contributed by atoms with Crippen LogP contribution in [0.4, 0.5) is 0 Å². The van der Waals surface area contributed by atoms with Gasteiger partial charge in [0.15, 0.2) is 0 Å². The molecule has 0 heterocycles. The highest BCUT2D eigenvalue weighted by atomic mass is 79.9. The van der Waals surface area contributed by atoms with Crippen LogP contribution in [0.5, 0.6) is 11.5 Å². The maximum absolute atomic E-state index is 9.06. The summed E-state index contributed by atoms with van der Waals surface area (Å²) in [6, 6.07) is 12.9. The molecule has 0 saturated carbocycles. The van der Waals surface area contributed by atoms with E-state index in [9.17, 15) is 0 Å². The number of nitrogens with zero attached hydrogens (tertiary/aromatic N) is 1. The molecular weight excluding hydrogens is 314 g/mol. The monoisotopic (exact) mass is 321 g/mol. The van der Waals surface area contributed by atoms with Gasteiger partial charge in [-0.25, -0.2) is 0 Å². The van der Waals surface area contributed by atoms with E-state index >= 15 is 0 Å². The van der Waals surface area contributed by atoms with Crippen LogP contribution in [-0.2, 0) is 0 Å². The van der Waals surface area contributed by atoms with Gasteiger partial charge in [-0.1, -0.05) is 39.7 Å². The van der Waals surface area contributed by atoms with E-state index in [1.807, 2.05) is 25.1 Å². The van der Waals surface area contributed by atoms with E-state index in [1.54, 1.807) is 18.2 Å². The van der Waals surface area contributed by atoms with Crippen molar-refractivity contribution in [1.29, 1.82) is 5.26 Å². The van der Waals surface area contributed by atoms with Gasteiger partial charge in [-0.15, -0.1) is 0 Å². The topological polar surface area (TPSA) is 33.0 Å². The van der Waals surface area contributed by atoms with Gasteiger partial charge in [0, 0.05) is 4.47 Å². The Kier molecular flexibility index (Phi) is 3.90. The number of rotatable bonds is 2. The van der Waals surface area contributed by atoms with Gasteiger partial charge < -0.3 is 4.74 Å². The fourth-order valence-electron chi connectivity index (χ4n) is 1.54. The largest absolute Gasteiger partial charge is 0.454 e. The average molecular weight is 323 g/mol. The minimum Gasteiger partial charge on any atom is -0.454 e. The number of benzene rings is 2. The van der Waals surface area contributed by atoms with Crippen LogP contribution in [-0.4, -0.2) is 0 Å².